The van der Waals surface area contributed by atoms with Gasteiger partial charge in [0.1, 0.15) is 11.8 Å². The van der Waals surface area contributed by atoms with Gasteiger partial charge < -0.3 is 15.2 Å². The molecule has 0 aliphatic heterocycles. The number of amides is 1. The molecule has 0 spiro atoms. The third-order valence-corrected chi connectivity index (χ3v) is 3.95. The summed E-state index contributed by atoms with van der Waals surface area (Å²) in [6.07, 6.45) is 0. The first-order chi connectivity index (χ1) is 12.5. The van der Waals surface area contributed by atoms with Crippen molar-refractivity contribution in [3.05, 3.63) is 71.3 Å². The molecule has 3 aromatic rings. The van der Waals surface area contributed by atoms with Crippen LogP contribution in [0.4, 0.5) is 5.69 Å². The fourth-order valence-electron chi connectivity index (χ4n) is 2.64. The van der Waals surface area contributed by atoms with Crippen molar-refractivity contribution in [3.63, 3.8) is 0 Å². The summed E-state index contributed by atoms with van der Waals surface area (Å²) in [5.74, 6) is -1.52. The zero-order valence-electron chi connectivity index (χ0n) is 13.8. The van der Waals surface area contributed by atoms with Crippen molar-refractivity contribution in [2.75, 3.05) is 12.4 Å². The Balaban J connectivity index is 1.99. The first kappa shape index (κ1) is 17.0. The fraction of sp³-hybridized carbons (Fsp3) is 0.0500. The van der Waals surface area contributed by atoms with E-state index in [1.54, 1.807) is 12.1 Å². The molecule has 0 radical (unpaired) electrons. The summed E-state index contributed by atoms with van der Waals surface area (Å²) in [6.45, 7) is 0. The Morgan fingerprint density at radius 1 is 1.08 bits per heavy atom. The zero-order chi connectivity index (χ0) is 18.7. The molecule has 0 aromatic heterocycles. The number of carbonyl (C=O) groups is 2. The highest BCUT2D eigenvalue weighted by atomic mass is 16.5. The first-order valence-electron chi connectivity index (χ1n) is 7.69. The summed E-state index contributed by atoms with van der Waals surface area (Å²) in [4.78, 5) is 24.1. The third kappa shape index (κ3) is 3.19. The molecular weight excluding hydrogens is 332 g/mol. The highest BCUT2D eigenvalue weighted by molar-refractivity contribution is 6.09. The van der Waals surface area contributed by atoms with Crippen LogP contribution in [0, 0.1) is 11.3 Å². The van der Waals surface area contributed by atoms with Gasteiger partial charge in [-0.05, 0) is 29.0 Å². The largest absolute Gasteiger partial charge is 0.495 e. The molecule has 1 amide bonds. The predicted molar refractivity (Wildman–Crippen MR) is 96.6 cm³/mol. The van der Waals surface area contributed by atoms with Crippen LogP contribution in [-0.4, -0.2) is 24.1 Å². The van der Waals surface area contributed by atoms with E-state index >= 15 is 0 Å². The van der Waals surface area contributed by atoms with Crippen LogP contribution in [0.1, 0.15) is 26.3 Å². The van der Waals surface area contributed by atoms with Crippen LogP contribution in [0.5, 0.6) is 5.75 Å². The van der Waals surface area contributed by atoms with Crippen LogP contribution in [0.3, 0.4) is 0 Å². The number of hydrogen-bond acceptors (Lipinski definition) is 4. The molecule has 0 bridgehead atoms. The predicted octanol–water partition coefficient (Wildman–Crippen LogP) is 3.67. The zero-order valence-corrected chi connectivity index (χ0v) is 13.8. The topological polar surface area (TPSA) is 99.4 Å². The SMILES string of the molecule is COc1cc(NC(=O)c2ccc3ccccc3c2)c(C(=O)O)cc1C#N. The van der Waals surface area contributed by atoms with E-state index in [2.05, 4.69) is 5.32 Å². The van der Waals surface area contributed by atoms with Crippen LogP contribution in [0.25, 0.3) is 10.8 Å². The number of carboxylic acids is 1. The molecule has 3 rings (SSSR count). The Morgan fingerprint density at radius 3 is 2.46 bits per heavy atom. The van der Waals surface area contributed by atoms with Gasteiger partial charge in [0, 0.05) is 11.6 Å². The monoisotopic (exact) mass is 346 g/mol. The molecule has 0 heterocycles. The third-order valence-electron chi connectivity index (χ3n) is 3.95. The molecule has 0 atom stereocenters. The van der Waals surface area contributed by atoms with Gasteiger partial charge in [-0.25, -0.2) is 4.79 Å². The van der Waals surface area contributed by atoms with Gasteiger partial charge in [-0.2, -0.15) is 5.26 Å². The second kappa shape index (κ2) is 6.95. The Kier molecular flexibility index (Phi) is 4.54. The highest BCUT2D eigenvalue weighted by Gasteiger charge is 2.18. The van der Waals surface area contributed by atoms with Crippen LogP contribution < -0.4 is 10.1 Å². The minimum atomic E-state index is -1.25. The number of nitrogens with zero attached hydrogens (tertiary/aromatic N) is 1. The van der Waals surface area contributed by atoms with E-state index in [-0.39, 0.29) is 22.6 Å². The lowest BCUT2D eigenvalue weighted by molar-refractivity contribution is 0.0698. The van der Waals surface area contributed by atoms with Gasteiger partial charge in [0.25, 0.3) is 5.91 Å². The summed E-state index contributed by atoms with van der Waals surface area (Å²) < 4.78 is 5.09. The normalized spacial score (nSPS) is 10.2. The van der Waals surface area contributed by atoms with E-state index in [1.807, 2.05) is 36.4 Å². The van der Waals surface area contributed by atoms with E-state index in [4.69, 9.17) is 10.00 Å². The number of nitriles is 1. The number of aromatic carboxylic acids is 1. The summed E-state index contributed by atoms with van der Waals surface area (Å²) in [7, 11) is 1.37. The molecule has 6 nitrogen and oxygen atoms in total. The van der Waals surface area contributed by atoms with Crippen molar-refractivity contribution in [2.24, 2.45) is 0 Å². The van der Waals surface area contributed by atoms with Gasteiger partial charge in [0.15, 0.2) is 0 Å². The Hall–Kier alpha value is -3.85. The smallest absolute Gasteiger partial charge is 0.337 e. The molecule has 0 aliphatic carbocycles. The van der Waals surface area contributed by atoms with Crippen molar-refractivity contribution in [1.29, 1.82) is 5.26 Å². The van der Waals surface area contributed by atoms with Crippen LogP contribution in [0.15, 0.2) is 54.6 Å². The van der Waals surface area contributed by atoms with Gasteiger partial charge in [0.05, 0.1) is 23.9 Å². The second-order valence-corrected chi connectivity index (χ2v) is 5.53. The van der Waals surface area contributed by atoms with E-state index < -0.39 is 11.9 Å². The van der Waals surface area contributed by atoms with Gasteiger partial charge >= 0.3 is 5.97 Å². The number of benzene rings is 3. The number of methoxy groups -OCH3 is 1. The number of anilines is 1. The van der Waals surface area contributed by atoms with E-state index in [0.29, 0.717) is 5.56 Å². The minimum Gasteiger partial charge on any atom is -0.495 e. The number of hydrogen-bond donors (Lipinski definition) is 2. The number of carboxylic acid groups (broad SMARTS) is 1. The number of carbonyl (C=O) groups excluding carboxylic acids is 1. The average Bonchev–Trinajstić information content (AvgIpc) is 2.66. The number of rotatable bonds is 4. The molecule has 0 saturated heterocycles. The minimum absolute atomic E-state index is 0.0616. The van der Waals surface area contributed by atoms with Crippen molar-refractivity contribution in [3.8, 4) is 11.8 Å². The van der Waals surface area contributed by atoms with E-state index in [9.17, 15) is 14.7 Å². The van der Waals surface area contributed by atoms with Crippen LogP contribution >= 0.6 is 0 Å². The summed E-state index contributed by atoms with van der Waals surface area (Å²) >= 11 is 0. The standard InChI is InChI=1S/C20H14N2O4/c1-26-18-10-17(16(20(24)25)9-15(18)11-21)22-19(23)14-7-6-12-4-2-3-5-13(12)8-14/h2-10H,1H3,(H,22,23)(H,24,25). The van der Waals surface area contributed by atoms with Gasteiger partial charge in [-0.3, -0.25) is 4.79 Å². The molecule has 2 N–H and O–H groups in total. The molecule has 128 valence electrons. The van der Waals surface area contributed by atoms with Crippen molar-refractivity contribution in [2.45, 2.75) is 0 Å². The van der Waals surface area contributed by atoms with Crippen molar-refractivity contribution >= 4 is 28.3 Å². The lowest BCUT2D eigenvalue weighted by Gasteiger charge is -2.12. The van der Waals surface area contributed by atoms with Crippen molar-refractivity contribution < 1.29 is 19.4 Å². The van der Waals surface area contributed by atoms with Crippen molar-refractivity contribution in [1.82, 2.24) is 0 Å². The molecular formula is C20H14N2O4. The van der Waals surface area contributed by atoms with E-state index in [0.717, 1.165) is 10.8 Å². The number of ether oxygens (including phenoxy) is 1. The fourth-order valence-corrected chi connectivity index (χ4v) is 2.64. The molecule has 0 unspecified atom stereocenters. The van der Waals surface area contributed by atoms with E-state index in [1.165, 1.54) is 19.2 Å². The molecule has 3 aromatic carbocycles. The summed E-state index contributed by atoms with van der Waals surface area (Å²) in [5.41, 5.74) is 0.347. The Morgan fingerprint density at radius 2 is 1.81 bits per heavy atom. The molecule has 0 fully saturated rings. The first-order valence-corrected chi connectivity index (χ1v) is 7.69. The molecule has 26 heavy (non-hydrogen) atoms. The Labute approximate surface area is 149 Å². The molecule has 6 heteroatoms. The Bertz CT molecular complexity index is 1070. The number of nitrogens with one attached hydrogen (secondary N) is 1. The maximum atomic E-state index is 12.6. The van der Waals surface area contributed by atoms with Gasteiger partial charge in [-0.15, -0.1) is 0 Å². The summed E-state index contributed by atoms with van der Waals surface area (Å²) in [6, 6.07) is 17.2. The lowest BCUT2D eigenvalue weighted by Crippen LogP contribution is -2.15. The maximum absolute atomic E-state index is 12.6. The van der Waals surface area contributed by atoms with Gasteiger partial charge in [0.2, 0.25) is 0 Å². The average molecular weight is 346 g/mol. The van der Waals surface area contributed by atoms with Gasteiger partial charge in [-0.1, -0.05) is 30.3 Å². The quantitative estimate of drug-likeness (QED) is 0.751. The van der Waals surface area contributed by atoms with Crippen LogP contribution in [0.2, 0.25) is 0 Å². The molecule has 0 aliphatic rings. The van der Waals surface area contributed by atoms with Crippen LogP contribution in [-0.2, 0) is 0 Å². The molecule has 0 saturated carbocycles. The number of fused-ring (bicyclic) bond motifs is 1. The summed E-state index contributed by atoms with van der Waals surface area (Å²) in [5, 5.41) is 23.0. The second-order valence-electron chi connectivity index (χ2n) is 5.53. The highest BCUT2D eigenvalue weighted by Crippen LogP contribution is 2.28. The maximum Gasteiger partial charge on any atom is 0.337 e. The lowest BCUT2D eigenvalue weighted by atomic mass is 10.1.